The first-order valence-corrected chi connectivity index (χ1v) is 16.4. The minimum absolute atomic E-state index is 0.0582. The van der Waals surface area contributed by atoms with Crippen LogP contribution in [-0.2, 0) is 34.3 Å². The van der Waals surface area contributed by atoms with Crippen LogP contribution in [0.25, 0.3) is 0 Å². The molecular formula is C29H35N2O9PS. The number of aromatic nitrogens is 1. The molecule has 3 rings (SSSR count). The number of terminal acetylenes is 1. The summed E-state index contributed by atoms with van der Waals surface area (Å²) in [6, 6.07) is 13.9. The summed E-state index contributed by atoms with van der Waals surface area (Å²) in [5, 5.41) is 2.72. The molecule has 0 aliphatic carbocycles. The molecule has 0 fully saturated rings. The van der Waals surface area contributed by atoms with Crippen LogP contribution >= 0.6 is 7.60 Å². The Morgan fingerprint density at radius 2 is 1.57 bits per heavy atom. The van der Waals surface area contributed by atoms with Crippen LogP contribution in [0, 0.1) is 12.8 Å². The van der Waals surface area contributed by atoms with E-state index in [2.05, 4.69) is 23.1 Å². The van der Waals surface area contributed by atoms with E-state index in [9.17, 15) is 17.8 Å². The minimum Gasteiger partial charge on any atom is -0.491 e. The largest absolute Gasteiger partial charge is 0.491 e. The molecule has 0 spiro atoms. The van der Waals surface area contributed by atoms with Gasteiger partial charge < -0.3 is 28.6 Å². The van der Waals surface area contributed by atoms with Crippen LogP contribution in [0.4, 0.5) is 5.82 Å². The number of methoxy groups -OCH3 is 1. The molecule has 11 nitrogen and oxygen atoms in total. The molecule has 0 radical (unpaired) electrons. The van der Waals surface area contributed by atoms with E-state index < -0.39 is 23.3 Å². The Morgan fingerprint density at radius 1 is 0.929 bits per heavy atom. The number of nitrogens with zero attached hydrogens (tertiary/aromatic N) is 1. The normalized spacial score (nSPS) is 11.2. The number of benzene rings is 2. The molecule has 0 bridgehead atoms. The summed E-state index contributed by atoms with van der Waals surface area (Å²) in [5.41, 5.74) is 0.870. The maximum atomic E-state index is 13.1. The van der Waals surface area contributed by atoms with Gasteiger partial charge in [-0.25, -0.2) is 13.4 Å². The van der Waals surface area contributed by atoms with E-state index in [4.69, 9.17) is 23.3 Å². The third kappa shape index (κ3) is 10.9. The molecule has 0 saturated carbocycles. The van der Waals surface area contributed by atoms with E-state index in [1.807, 2.05) is 0 Å². The highest BCUT2D eigenvalue weighted by molar-refractivity contribution is 7.90. The summed E-state index contributed by atoms with van der Waals surface area (Å²) in [6.45, 7) is 4.59. The Bertz CT molecular complexity index is 1470. The molecule has 0 unspecified atom stereocenters. The van der Waals surface area contributed by atoms with Crippen molar-refractivity contribution in [2.45, 2.75) is 24.9 Å². The second-order valence-corrected chi connectivity index (χ2v) is 12.6. The van der Waals surface area contributed by atoms with Crippen LogP contribution in [0.5, 0.6) is 17.2 Å². The number of sulfone groups is 1. The average Bonchev–Trinajstić information content (AvgIpc) is 2.95. The predicted molar refractivity (Wildman–Crippen MR) is 160 cm³/mol. The van der Waals surface area contributed by atoms with Gasteiger partial charge >= 0.3 is 7.60 Å². The molecule has 0 atom stereocenters. The Hall–Kier alpha value is -3.72. The Balaban J connectivity index is 0.00000301. The maximum absolute atomic E-state index is 13.1. The molecule has 13 heteroatoms. The summed E-state index contributed by atoms with van der Waals surface area (Å²) < 4.78 is 63.5. The number of pyridine rings is 1. The third-order valence-electron chi connectivity index (χ3n) is 5.28. The first kappa shape index (κ1) is 34.5. The van der Waals surface area contributed by atoms with Crippen molar-refractivity contribution >= 4 is 29.2 Å². The van der Waals surface area contributed by atoms with Crippen molar-refractivity contribution in [2.24, 2.45) is 0 Å². The molecule has 1 aromatic heterocycles. The summed E-state index contributed by atoms with van der Waals surface area (Å²) in [7, 11) is -5.09. The number of amides is 1. The van der Waals surface area contributed by atoms with Gasteiger partial charge in [0, 0.05) is 31.2 Å². The molecule has 226 valence electrons. The molecule has 3 aromatic rings. The number of rotatable bonds is 15. The van der Waals surface area contributed by atoms with Gasteiger partial charge in [-0.3, -0.25) is 9.36 Å². The van der Waals surface area contributed by atoms with Gasteiger partial charge in [-0.15, -0.1) is 12.8 Å². The van der Waals surface area contributed by atoms with Gasteiger partial charge in [-0.2, -0.15) is 0 Å². The lowest BCUT2D eigenvalue weighted by molar-refractivity contribution is 0.102. The second-order valence-electron chi connectivity index (χ2n) is 8.49. The van der Waals surface area contributed by atoms with Crippen LogP contribution in [0.15, 0.2) is 65.7 Å². The van der Waals surface area contributed by atoms with E-state index in [1.54, 1.807) is 45.2 Å². The highest BCUT2D eigenvalue weighted by Crippen LogP contribution is 2.51. The molecular weight excluding hydrogens is 583 g/mol. The van der Waals surface area contributed by atoms with Gasteiger partial charge in [-0.1, -0.05) is 6.07 Å². The van der Waals surface area contributed by atoms with Crippen molar-refractivity contribution in [3.8, 4) is 30.1 Å². The number of anilines is 1. The first-order valence-electron chi connectivity index (χ1n) is 12.8. The second kappa shape index (κ2) is 16.7. The van der Waals surface area contributed by atoms with Gasteiger partial charge in [0.2, 0.25) is 0 Å². The lowest BCUT2D eigenvalue weighted by Crippen LogP contribution is -2.14. The first-order chi connectivity index (χ1) is 20.0. The zero-order valence-corrected chi connectivity index (χ0v) is 25.7. The van der Waals surface area contributed by atoms with Crippen molar-refractivity contribution in [2.75, 3.05) is 45.1 Å². The molecule has 1 amide bonds. The molecule has 1 heterocycles. The number of hydrogen-bond acceptors (Lipinski definition) is 10. The van der Waals surface area contributed by atoms with Crippen LogP contribution < -0.4 is 14.8 Å². The molecule has 2 aromatic carbocycles. The summed E-state index contributed by atoms with van der Waals surface area (Å²) >= 11 is 0. The Kier molecular flexibility index (Phi) is 13.7. The van der Waals surface area contributed by atoms with Crippen LogP contribution in [0.1, 0.15) is 29.8 Å². The van der Waals surface area contributed by atoms with Crippen molar-refractivity contribution in [3.63, 3.8) is 0 Å². The SMILES string of the molecule is C#C.CCOP(=O)(Cc1ccc(NC(=O)c2cc(OCCOC)cc(Oc3ccc(S(C)(=O)=O)cc3)c2)nc1)OCC. The number of ether oxygens (including phenoxy) is 3. The molecule has 0 aliphatic rings. The topological polar surface area (TPSA) is 139 Å². The quantitative estimate of drug-likeness (QED) is 0.131. The summed E-state index contributed by atoms with van der Waals surface area (Å²) in [6.07, 6.45) is 10.7. The fraction of sp³-hybridized carbons (Fsp3) is 0.310. The standard InChI is InChI=1S/C27H33N2O9PS.C2H2/c1-5-36-39(31,37-6-2)19-20-7-12-26(28-18-20)29-27(30)21-15-23(35-14-13-34-3)17-24(16-21)38-22-8-10-25(11-9-22)40(4,32)33;1-2/h7-12,15-18H,5-6,13-14,19H2,1-4H3,(H,28,29,30);1-2H. The average molecular weight is 619 g/mol. The minimum atomic E-state index is -3.35. The predicted octanol–water partition coefficient (Wildman–Crippen LogP) is 5.57. The van der Waals surface area contributed by atoms with E-state index in [1.165, 1.54) is 36.5 Å². The van der Waals surface area contributed by atoms with Crippen LogP contribution in [-0.4, -0.2) is 59.1 Å². The van der Waals surface area contributed by atoms with Crippen molar-refractivity contribution < 1.29 is 41.0 Å². The van der Waals surface area contributed by atoms with Crippen molar-refractivity contribution in [3.05, 3.63) is 71.9 Å². The summed E-state index contributed by atoms with van der Waals surface area (Å²) in [5.74, 6) is 0.864. The van der Waals surface area contributed by atoms with Gasteiger partial charge in [0.15, 0.2) is 9.84 Å². The van der Waals surface area contributed by atoms with E-state index in [0.29, 0.717) is 29.4 Å². The van der Waals surface area contributed by atoms with E-state index in [0.717, 1.165) is 6.26 Å². The Labute approximate surface area is 247 Å². The van der Waals surface area contributed by atoms with E-state index in [-0.39, 0.29) is 42.3 Å². The smallest absolute Gasteiger partial charge is 0.335 e. The molecule has 42 heavy (non-hydrogen) atoms. The molecule has 0 saturated heterocycles. The highest BCUT2D eigenvalue weighted by Gasteiger charge is 2.24. The lowest BCUT2D eigenvalue weighted by Gasteiger charge is -2.17. The van der Waals surface area contributed by atoms with Crippen molar-refractivity contribution in [1.29, 1.82) is 0 Å². The fourth-order valence-electron chi connectivity index (χ4n) is 3.50. The number of carbonyl (C=O) groups is 1. The highest BCUT2D eigenvalue weighted by atomic mass is 32.2. The Morgan fingerprint density at radius 3 is 2.12 bits per heavy atom. The lowest BCUT2D eigenvalue weighted by atomic mass is 10.2. The zero-order valence-electron chi connectivity index (χ0n) is 23.9. The number of hydrogen-bond donors (Lipinski definition) is 1. The van der Waals surface area contributed by atoms with Crippen LogP contribution in [0.3, 0.4) is 0 Å². The zero-order chi connectivity index (χ0) is 31.2. The molecule has 0 aliphatic heterocycles. The third-order valence-corrected chi connectivity index (χ3v) is 8.46. The number of carbonyl (C=O) groups excluding carboxylic acids is 1. The van der Waals surface area contributed by atoms with Gasteiger partial charge in [-0.05, 0) is 61.9 Å². The van der Waals surface area contributed by atoms with Crippen molar-refractivity contribution in [1.82, 2.24) is 4.98 Å². The van der Waals surface area contributed by atoms with Crippen LogP contribution in [0.2, 0.25) is 0 Å². The molecule has 1 N–H and O–H groups in total. The maximum Gasteiger partial charge on any atom is 0.335 e. The summed E-state index contributed by atoms with van der Waals surface area (Å²) in [4.78, 5) is 17.5. The van der Waals surface area contributed by atoms with Gasteiger partial charge in [0.25, 0.3) is 5.91 Å². The van der Waals surface area contributed by atoms with E-state index >= 15 is 0 Å². The number of nitrogens with one attached hydrogen (secondary N) is 1. The van der Waals surface area contributed by atoms with Gasteiger partial charge in [0.05, 0.1) is 30.9 Å². The fourth-order valence-corrected chi connectivity index (χ4v) is 5.81. The van der Waals surface area contributed by atoms with Gasteiger partial charge in [0.1, 0.15) is 29.7 Å². The monoisotopic (exact) mass is 618 g/mol.